The lowest BCUT2D eigenvalue weighted by molar-refractivity contribution is -0.121. The summed E-state index contributed by atoms with van der Waals surface area (Å²) in [4.78, 5) is 23.7. The average molecular weight is 427 g/mol. The van der Waals surface area contributed by atoms with E-state index < -0.39 is 0 Å². The Morgan fingerprint density at radius 1 is 1.06 bits per heavy atom. The van der Waals surface area contributed by atoms with Crippen molar-refractivity contribution in [3.8, 4) is 0 Å². The van der Waals surface area contributed by atoms with Gasteiger partial charge < -0.3 is 10.3 Å². The summed E-state index contributed by atoms with van der Waals surface area (Å²) in [6.07, 6.45) is 9.78. The first-order chi connectivity index (χ1) is 15.7. The second kappa shape index (κ2) is 7.89. The Morgan fingerprint density at radius 2 is 2.00 bits per heavy atom. The Bertz CT molecular complexity index is 1180. The van der Waals surface area contributed by atoms with Crippen molar-refractivity contribution in [2.24, 2.45) is 0 Å². The molecule has 0 saturated heterocycles. The molecule has 3 heterocycles. The number of hydrogen-bond acceptors (Lipinski definition) is 3. The molecule has 5 nitrogen and oxygen atoms in total. The zero-order valence-electron chi connectivity index (χ0n) is 18.5. The van der Waals surface area contributed by atoms with E-state index in [9.17, 15) is 4.79 Å². The number of H-pyrrole nitrogens is 1. The average Bonchev–Trinajstić information content (AvgIpc) is 3.38. The molecular formula is C27H30N4O. The fourth-order valence-electron chi connectivity index (χ4n) is 6.01. The zero-order chi connectivity index (χ0) is 21.5. The van der Waals surface area contributed by atoms with E-state index in [0.29, 0.717) is 0 Å². The Hall–Kier alpha value is -2.92. The summed E-state index contributed by atoms with van der Waals surface area (Å²) in [5, 5.41) is 3.17. The van der Waals surface area contributed by atoms with Crippen LogP contribution in [-0.2, 0) is 16.6 Å². The van der Waals surface area contributed by atoms with Gasteiger partial charge in [-0.05, 0) is 80.0 Å². The van der Waals surface area contributed by atoms with Crippen LogP contribution in [0.25, 0.3) is 16.6 Å². The summed E-state index contributed by atoms with van der Waals surface area (Å²) in [5.74, 6) is 1.25. The van der Waals surface area contributed by atoms with Crippen molar-refractivity contribution in [1.82, 2.24) is 14.9 Å². The molecule has 1 atom stereocenters. The molecule has 1 amide bonds. The molecule has 6 rings (SSSR count). The van der Waals surface area contributed by atoms with Crippen molar-refractivity contribution >= 4 is 28.2 Å². The van der Waals surface area contributed by atoms with Crippen LogP contribution in [-0.4, -0.2) is 40.4 Å². The van der Waals surface area contributed by atoms with Crippen LogP contribution in [0.5, 0.6) is 0 Å². The van der Waals surface area contributed by atoms with E-state index in [1.165, 1.54) is 16.7 Å². The molecule has 0 bridgehead atoms. The van der Waals surface area contributed by atoms with Crippen molar-refractivity contribution < 1.29 is 4.79 Å². The van der Waals surface area contributed by atoms with E-state index in [2.05, 4.69) is 51.6 Å². The predicted octanol–water partition coefficient (Wildman–Crippen LogP) is 5.05. The van der Waals surface area contributed by atoms with E-state index in [4.69, 9.17) is 4.98 Å². The van der Waals surface area contributed by atoms with Gasteiger partial charge in [-0.2, -0.15) is 0 Å². The number of fused-ring (bicyclic) bond motifs is 1. The highest BCUT2D eigenvalue weighted by Crippen LogP contribution is 2.49. The molecule has 3 aliphatic rings. The van der Waals surface area contributed by atoms with Crippen LogP contribution in [0, 0.1) is 0 Å². The third-order valence-electron chi connectivity index (χ3n) is 7.68. The van der Waals surface area contributed by atoms with Crippen LogP contribution in [0.2, 0.25) is 0 Å². The fourth-order valence-corrected chi connectivity index (χ4v) is 6.01. The lowest BCUT2D eigenvalue weighted by atomic mass is 9.68. The first kappa shape index (κ1) is 19.7. The minimum atomic E-state index is -0.277. The number of imidazole rings is 1. The van der Waals surface area contributed by atoms with Gasteiger partial charge in [0.2, 0.25) is 5.91 Å². The molecule has 5 heteroatoms. The Kier molecular flexibility index (Phi) is 4.87. The molecule has 164 valence electrons. The number of anilines is 1. The number of benzene rings is 2. The van der Waals surface area contributed by atoms with Crippen LogP contribution >= 0.6 is 0 Å². The smallest absolute Gasteiger partial charge is 0.235 e. The van der Waals surface area contributed by atoms with Crippen LogP contribution < -0.4 is 5.32 Å². The maximum Gasteiger partial charge on any atom is 0.235 e. The summed E-state index contributed by atoms with van der Waals surface area (Å²) in [6.45, 7) is 3.14. The first-order valence-electron chi connectivity index (χ1n) is 12.0. The largest absolute Gasteiger partial charge is 0.338 e. The zero-order valence-corrected chi connectivity index (χ0v) is 18.5. The number of aromatic amines is 1. The van der Waals surface area contributed by atoms with Gasteiger partial charge in [0.15, 0.2) is 0 Å². The van der Waals surface area contributed by atoms with Gasteiger partial charge in [-0.25, -0.2) is 4.98 Å². The molecule has 1 aliphatic carbocycles. The molecule has 0 spiro atoms. The van der Waals surface area contributed by atoms with Gasteiger partial charge in [0.1, 0.15) is 5.82 Å². The third-order valence-corrected chi connectivity index (χ3v) is 7.68. The van der Waals surface area contributed by atoms with E-state index in [0.717, 1.165) is 87.1 Å². The summed E-state index contributed by atoms with van der Waals surface area (Å²) in [6, 6.07) is 14.6. The highest BCUT2D eigenvalue weighted by Gasteiger charge is 2.48. The molecule has 32 heavy (non-hydrogen) atoms. The van der Waals surface area contributed by atoms with Crippen LogP contribution in [0.3, 0.4) is 0 Å². The van der Waals surface area contributed by atoms with Crippen molar-refractivity contribution in [2.45, 2.75) is 50.4 Å². The topological polar surface area (TPSA) is 61.0 Å². The summed E-state index contributed by atoms with van der Waals surface area (Å²) in [7, 11) is 0. The van der Waals surface area contributed by atoms with Gasteiger partial charge >= 0.3 is 0 Å². The van der Waals surface area contributed by atoms with E-state index >= 15 is 0 Å². The minimum Gasteiger partial charge on any atom is -0.338 e. The van der Waals surface area contributed by atoms with Crippen LogP contribution in [0.1, 0.15) is 55.5 Å². The summed E-state index contributed by atoms with van der Waals surface area (Å²) < 4.78 is 0. The number of aryl methyl sites for hydroxylation is 1. The molecule has 1 aromatic heterocycles. The second-order valence-corrected chi connectivity index (χ2v) is 9.57. The number of carbonyl (C=O) groups is 1. The lowest BCUT2D eigenvalue weighted by Gasteiger charge is -2.33. The number of hydrogen-bond donors (Lipinski definition) is 2. The quantitative estimate of drug-likeness (QED) is 0.542. The molecule has 2 aromatic carbocycles. The van der Waals surface area contributed by atoms with E-state index in [1.54, 1.807) is 0 Å². The Balaban J connectivity index is 1.06. The van der Waals surface area contributed by atoms with Crippen molar-refractivity contribution in [1.29, 1.82) is 0 Å². The van der Waals surface area contributed by atoms with E-state index in [-0.39, 0.29) is 11.3 Å². The van der Waals surface area contributed by atoms with Crippen molar-refractivity contribution in [3.05, 3.63) is 65.5 Å². The standard InChI is InChI=1S/C27H30N4O/c32-26-27(15-6-8-19-7-5-11-23(30-26)24(19)27)14-3-4-16-31-17-12-20(13-18-31)25-28-21-9-1-2-10-22(21)29-25/h1-2,5,7,9-12H,3-4,6,8,13-18H2,(H,28,29)(H,30,32). The van der Waals surface area contributed by atoms with Crippen LogP contribution in [0.4, 0.5) is 5.69 Å². The number of nitrogens with one attached hydrogen (secondary N) is 2. The number of para-hydroxylation sites is 2. The number of amides is 1. The number of nitrogens with zero attached hydrogens (tertiary/aromatic N) is 2. The van der Waals surface area contributed by atoms with Gasteiger partial charge in [-0.1, -0.05) is 36.8 Å². The number of carbonyl (C=O) groups excluding carboxylic acids is 1. The second-order valence-electron chi connectivity index (χ2n) is 9.57. The first-order valence-corrected chi connectivity index (χ1v) is 12.0. The fraction of sp³-hybridized carbons (Fsp3) is 0.407. The molecule has 2 N–H and O–H groups in total. The number of aromatic nitrogens is 2. The normalized spacial score (nSPS) is 22.6. The van der Waals surface area contributed by atoms with Gasteiger partial charge in [-0.3, -0.25) is 9.69 Å². The van der Waals surface area contributed by atoms with Crippen molar-refractivity contribution in [2.75, 3.05) is 25.0 Å². The number of unbranched alkanes of at least 4 members (excludes halogenated alkanes) is 1. The molecule has 0 fully saturated rings. The number of rotatable bonds is 6. The molecule has 3 aromatic rings. The maximum absolute atomic E-state index is 13.0. The highest BCUT2D eigenvalue weighted by atomic mass is 16.2. The summed E-state index contributed by atoms with van der Waals surface area (Å²) in [5.41, 5.74) is 6.94. The monoisotopic (exact) mass is 426 g/mol. The van der Waals surface area contributed by atoms with Crippen LogP contribution in [0.15, 0.2) is 48.5 Å². The molecule has 1 unspecified atom stereocenters. The third kappa shape index (κ3) is 3.27. The maximum atomic E-state index is 13.0. The molecule has 0 saturated carbocycles. The van der Waals surface area contributed by atoms with Gasteiger partial charge in [0.25, 0.3) is 0 Å². The highest BCUT2D eigenvalue weighted by molar-refractivity contribution is 6.07. The van der Waals surface area contributed by atoms with E-state index in [1.807, 2.05) is 12.1 Å². The predicted molar refractivity (Wildman–Crippen MR) is 129 cm³/mol. The SMILES string of the molecule is O=C1Nc2cccc3c2C1(CCCCN1CC=C(c2nc4ccccc4[nH]2)CC1)CCC3. The Labute approximate surface area is 188 Å². The minimum absolute atomic E-state index is 0.232. The van der Waals surface area contributed by atoms with Gasteiger partial charge in [0.05, 0.1) is 16.4 Å². The molecule has 0 radical (unpaired) electrons. The van der Waals surface area contributed by atoms with Gasteiger partial charge in [-0.15, -0.1) is 0 Å². The molecule has 2 aliphatic heterocycles. The van der Waals surface area contributed by atoms with Crippen molar-refractivity contribution in [3.63, 3.8) is 0 Å². The molecular weight excluding hydrogens is 396 g/mol. The summed E-state index contributed by atoms with van der Waals surface area (Å²) >= 11 is 0. The van der Waals surface area contributed by atoms with Gasteiger partial charge in [0, 0.05) is 18.8 Å². The lowest BCUT2D eigenvalue weighted by Crippen LogP contribution is -2.37. The Morgan fingerprint density at radius 3 is 2.88 bits per heavy atom.